The fourth-order valence-corrected chi connectivity index (χ4v) is 10.1. The number of carbonyl (C=O) groups is 1. The van der Waals surface area contributed by atoms with Gasteiger partial charge in [0.2, 0.25) is 0 Å². The number of hydrogen-bond acceptors (Lipinski definition) is 3. The van der Waals surface area contributed by atoms with Gasteiger partial charge in [0.15, 0.2) is 0 Å². The first kappa shape index (κ1) is 25.4. The van der Waals surface area contributed by atoms with E-state index in [1.807, 2.05) is 13.8 Å². The number of Topliss-reactive ketones (excluding diaryl/α,β-unsaturated/α-hetero) is 1. The van der Waals surface area contributed by atoms with Crippen LogP contribution in [0.1, 0.15) is 113 Å². The maximum absolute atomic E-state index is 12.9. The van der Waals surface area contributed by atoms with E-state index in [-0.39, 0.29) is 21.7 Å². The zero-order chi connectivity index (χ0) is 24.6. The normalized spacial score (nSPS) is 47.1. The zero-order valence-electron chi connectivity index (χ0n) is 22.5. The number of aliphatic hydroxyl groups is 2. The quantitative estimate of drug-likeness (QED) is 0.450. The van der Waals surface area contributed by atoms with Gasteiger partial charge in [-0.05, 0) is 112 Å². The molecule has 33 heavy (non-hydrogen) atoms. The molecule has 0 spiro atoms. The standard InChI is InChI=1S/C30H50O3/c1-19(2)22(31)12-18-30(8,33)21-11-16-28(6)20(21)9-10-24-27(5)15-14-25(32)26(3,4)23(27)13-17-29(24,28)7/h20-24,31,33H,1,9-18H2,2-8H3/t20-,21-,22?,23-,24+,27+,28-,29-,30+/m1/s1. The number of carbonyl (C=O) groups excluding carboxylic acids is 1. The molecular weight excluding hydrogens is 408 g/mol. The third-order valence-corrected chi connectivity index (χ3v) is 12.4. The molecule has 3 nitrogen and oxygen atoms in total. The monoisotopic (exact) mass is 458 g/mol. The minimum atomic E-state index is -0.748. The maximum Gasteiger partial charge on any atom is 0.138 e. The second-order valence-electron chi connectivity index (χ2n) is 14.2. The van der Waals surface area contributed by atoms with Gasteiger partial charge < -0.3 is 10.2 Å². The Labute approximate surface area is 202 Å². The predicted octanol–water partition coefficient (Wildman–Crippen LogP) is 6.71. The molecule has 0 aromatic heterocycles. The molecule has 4 aliphatic carbocycles. The third kappa shape index (κ3) is 3.53. The van der Waals surface area contributed by atoms with Crippen LogP contribution < -0.4 is 0 Å². The van der Waals surface area contributed by atoms with Crippen LogP contribution in [0, 0.1) is 45.3 Å². The molecule has 0 aromatic rings. The van der Waals surface area contributed by atoms with E-state index in [2.05, 4.69) is 41.2 Å². The Morgan fingerprint density at radius 2 is 1.67 bits per heavy atom. The molecule has 188 valence electrons. The van der Waals surface area contributed by atoms with Gasteiger partial charge in [-0.2, -0.15) is 0 Å². The zero-order valence-corrected chi connectivity index (χ0v) is 22.5. The van der Waals surface area contributed by atoms with Gasteiger partial charge in [-0.25, -0.2) is 0 Å². The van der Waals surface area contributed by atoms with Gasteiger partial charge in [0, 0.05) is 11.8 Å². The predicted molar refractivity (Wildman–Crippen MR) is 135 cm³/mol. The molecule has 1 unspecified atom stereocenters. The topological polar surface area (TPSA) is 57.5 Å². The average Bonchev–Trinajstić information content (AvgIpc) is 3.08. The van der Waals surface area contributed by atoms with E-state index in [1.54, 1.807) is 0 Å². The Kier molecular flexibility index (Phi) is 6.10. The number of rotatable bonds is 5. The molecule has 0 radical (unpaired) electrons. The summed E-state index contributed by atoms with van der Waals surface area (Å²) in [5.41, 5.74) is 0.580. The summed E-state index contributed by atoms with van der Waals surface area (Å²) >= 11 is 0. The molecule has 0 amide bonds. The van der Waals surface area contributed by atoms with Crippen molar-refractivity contribution in [1.29, 1.82) is 0 Å². The van der Waals surface area contributed by atoms with Crippen molar-refractivity contribution >= 4 is 5.78 Å². The third-order valence-electron chi connectivity index (χ3n) is 12.4. The summed E-state index contributed by atoms with van der Waals surface area (Å²) in [4.78, 5) is 12.9. The first-order valence-corrected chi connectivity index (χ1v) is 13.7. The van der Waals surface area contributed by atoms with Crippen molar-refractivity contribution in [3.05, 3.63) is 12.2 Å². The van der Waals surface area contributed by atoms with Crippen molar-refractivity contribution in [2.75, 3.05) is 0 Å². The number of fused-ring (bicyclic) bond motifs is 5. The Bertz CT molecular complexity index is 811. The van der Waals surface area contributed by atoms with Gasteiger partial charge >= 0.3 is 0 Å². The summed E-state index contributed by atoms with van der Waals surface area (Å²) in [5.74, 6) is 2.46. The Morgan fingerprint density at radius 3 is 2.30 bits per heavy atom. The van der Waals surface area contributed by atoms with E-state index in [9.17, 15) is 15.0 Å². The number of aliphatic hydroxyl groups excluding tert-OH is 1. The molecule has 4 fully saturated rings. The van der Waals surface area contributed by atoms with Crippen molar-refractivity contribution in [1.82, 2.24) is 0 Å². The number of hydrogen-bond donors (Lipinski definition) is 2. The smallest absolute Gasteiger partial charge is 0.138 e. The van der Waals surface area contributed by atoms with Gasteiger partial charge in [-0.1, -0.05) is 46.8 Å². The maximum atomic E-state index is 12.9. The van der Waals surface area contributed by atoms with Crippen molar-refractivity contribution in [3.8, 4) is 0 Å². The van der Waals surface area contributed by atoms with Crippen LogP contribution in [0.4, 0.5) is 0 Å². The second kappa shape index (κ2) is 7.92. The lowest BCUT2D eigenvalue weighted by molar-refractivity contribution is -0.207. The Hall–Kier alpha value is -0.670. The van der Waals surface area contributed by atoms with Gasteiger partial charge in [-0.15, -0.1) is 0 Å². The molecule has 0 bridgehead atoms. The molecular formula is C30H50O3. The Morgan fingerprint density at radius 1 is 1.03 bits per heavy atom. The fourth-order valence-electron chi connectivity index (χ4n) is 10.1. The van der Waals surface area contributed by atoms with Crippen LogP contribution in [0.5, 0.6) is 0 Å². The molecule has 0 aromatic carbocycles. The average molecular weight is 459 g/mol. The van der Waals surface area contributed by atoms with Crippen LogP contribution in [0.3, 0.4) is 0 Å². The van der Waals surface area contributed by atoms with E-state index in [0.29, 0.717) is 42.3 Å². The minimum Gasteiger partial charge on any atom is -0.390 e. The second-order valence-corrected chi connectivity index (χ2v) is 14.2. The molecule has 3 heteroatoms. The van der Waals surface area contributed by atoms with Crippen LogP contribution in [-0.2, 0) is 4.79 Å². The summed E-state index contributed by atoms with van der Waals surface area (Å²) in [6.07, 6.45) is 9.58. The van der Waals surface area contributed by atoms with Gasteiger partial charge in [-0.3, -0.25) is 4.79 Å². The van der Waals surface area contributed by atoms with E-state index in [4.69, 9.17) is 0 Å². The van der Waals surface area contributed by atoms with E-state index >= 15 is 0 Å². The van der Waals surface area contributed by atoms with Crippen molar-refractivity contribution < 1.29 is 15.0 Å². The van der Waals surface area contributed by atoms with Crippen LogP contribution >= 0.6 is 0 Å². The molecule has 9 atom stereocenters. The van der Waals surface area contributed by atoms with Gasteiger partial charge in [0.25, 0.3) is 0 Å². The summed E-state index contributed by atoms with van der Waals surface area (Å²) in [5, 5.41) is 21.9. The van der Waals surface area contributed by atoms with Crippen molar-refractivity contribution in [2.24, 2.45) is 45.3 Å². The summed E-state index contributed by atoms with van der Waals surface area (Å²) < 4.78 is 0. The lowest BCUT2D eigenvalue weighted by Crippen LogP contribution is -2.63. The SMILES string of the molecule is C=C(C)C(O)CC[C@](C)(O)[C@@H]1CC[C@]2(C)[C@@H]1CC[C@H]1[C@@]3(C)CCC(=O)C(C)(C)[C@H]3CC[C@]12C. The summed E-state index contributed by atoms with van der Waals surface area (Å²) in [7, 11) is 0. The molecule has 0 aliphatic heterocycles. The van der Waals surface area contributed by atoms with E-state index in [0.717, 1.165) is 31.3 Å². The van der Waals surface area contributed by atoms with Crippen LogP contribution in [-0.4, -0.2) is 27.7 Å². The van der Waals surface area contributed by atoms with E-state index in [1.165, 1.54) is 25.7 Å². The number of ketones is 1. The van der Waals surface area contributed by atoms with Crippen molar-refractivity contribution in [3.63, 3.8) is 0 Å². The highest BCUT2D eigenvalue weighted by atomic mass is 16.3. The highest BCUT2D eigenvalue weighted by Crippen LogP contribution is 2.75. The van der Waals surface area contributed by atoms with Crippen LogP contribution in [0.15, 0.2) is 12.2 Å². The minimum absolute atomic E-state index is 0.196. The van der Waals surface area contributed by atoms with Crippen LogP contribution in [0.2, 0.25) is 0 Å². The molecule has 0 saturated heterocycles. The summed E-state index contributed by atoms with van der Waals surface area (Å²) in [6, 6.07) is 0. The summed E-state index contributed by atoms with van der Waals surface area (Å²) in [6.45, 7) is 19.9. The highest BCUT2D eigenvalue weighted by Gasteiger charge is 2.69. The fraction of sp³-hybridized carbons (Fsp3) is 0.900. The van der Waals surface area contributed by atoms with E-state index < -0.39 is 11.7 Å². The van der Waals surface area contributed by atoms with Crippen molar-refractivity contribution in [2.45, 2.75) is 124 Å². The molecule has 4 aliphatic rings. The highest BCUT2D eigenvalue weighted by molar-refractivity contribution is 5.85. The molecule has 4 saturated carbocycles. The lowest BCUT2D eigenvalue weighted by Gasteiger charge is -2.69. The van der Waals surface area contributed by atoms with Crippen LogP contribution in [0.25, 0.3) is 0 Å². The largest absolute Gasteiger partial charge is 0.390 e. The first-order valence-electron chi connectivity index (χ1n) is 13.7. The Balaban J connectivity index is 1.60. The first-order chi connectivity index (χ1) is 15.1. The molecule has 4 rings (SSSR count). The molecule has 0 heterocycles. The molecule has 2 N–H and O–H groups in total. The lowest BCUT2D eigenvalue weighted by atomic mass is 9.35. The van der Waals surface area contributed by atoms with Gasteiger partial charge in [0.05, 0.1) is 11.7 Å². The van der Waals surface area contributed by atoms with Gasteiger partial charge in [0.1, 0.15) is 5.78 Å².